The molecule has 1 aliphatic heterocycles. The number of nitrogens with zero attached hydrogens (tertiary/aromatic N) is 1. The lowest BCUT2D eigenvalue weighted by atomic mass is 9.72. The molecule has 146 valence electrons. The van der Waals surface area contributed by atoms with Crippen molar-refractivity contribution in [2.24, 2.45) is 5.41 Å². The molecule has 1 heterocycles. The Labute approximate surface area is 162 Å². The van der Waals surface area contributed by atoms with Crippen LogP contribution in [0, 0.1) is 5.41 Å². The van der Waals surface area contributed by atoms with Crippen LogP contribution < -0.4 is 9.47 Å². The quantitative estimate of drug-likeness (QED) is 0.807. The maximum Gasteiger partial charge on any atom is 0.161 e. The summed E-state index contributed by atoms with van der Waals surface area (Å²) in [6.07, 6.45) is 0.475. The van der Waals surface area contributed by atoms with Crippen molar-refractivity contribution in [3.63, 3.8) is 0 Å². The molecular weight excluding hydrogens is 338 g/mol. The van der Waals surface area contributed by atoms with Crippen LogP contribution in [0.2, 0.25) is 0 Å². The second-order valence-electron chi connectivity index (χ2n) is 7.93. The van der Waals surface area contributed by atoms with E-state index in [9.17, 15) is 5.11 Å². The largest absolute Gasteiger partial charge is 0.493 e. The van der Waals surface area contributed by atoms with E-state index in [-0.39, 0.29) is 17.4 Å². The number of aliphatic hydroxyl groups is 1. The summed E-state index contributed by atoms with van der Waals surface area (Å²) < 4.78 is 11.6. The summed E-state index contributed by atoms with van der Waals surface area (Å²) in [5.74, 6) is 1.77. The van der Waals surface area contributed by atoms with Gasteiger partial charge < -0.3 is 19.5 Å². The SMILES string of the molecule is COc1ccc([C@@H]2CN(C)C[C@@]2(C)[C@H](C)O)cc1OCCc1ccccc1. The summed E-state index contributed by atoms with van der Waals surface area (Å²) in [6, 6.07) is 16.5. The molecule has 0 saturated carbocycles. The maximum absolute atomic E-state index is 10.4. The highest BCUT2D eigenvalue weighted by Gasteiger charge is 2.45. The molecule has 4 nitrogen and oxygen atoms in total. The van der Waals surface area contributed by atoms with Gasteiger partial charge in [-0.25, -0.2) is 0 Å². The molecule has 2 aromatic rings. The molecule has 0 unspecified atom stereocenters. The first-order chi connectivity index (χ1) is 12.9. The van der Waals surface area contributed by atoms with Gasteiger partial charge in [0.2, 0.25) is 0 Å². The van der Waals surface area contributed by atoms with E-state index in [0.29, 0.717) is 6.61 Å². The molecule has 0 spiro atoms. The fourth-order valence-corrected chi connectivity index (χ4v) is 4.13. The lowest BCUT2D eigenvalue weighted by Gasteiger charge is -2.34. The van der Waals surface area contributed by atoms with Crippen molar-refractivity contribution < 1.29 is 14.6 Å². The molecule has 1 N–H and O–H groups in total. The second-order valence-corrected chi connectivity index (χ2v) is 7.93. The minimum Gasteiger partial charge on any atom is -0.493 e. The molecule has 0 amide bonds. The lowest BCUT2D eigenvalue weighted by Crippen LogP contribution is -2.36. The number of rotatable bonds is 7. The van der Waals surface area contributed by atoms with Crippen LogP contribution in [0.25, 0.3) is 0 Å². The van der Waals surface area contributed by atoms with E-state index in [1.807, 2.05) is 31.2 Å². The predicted molar refractivity (Wildman–Crippen MR) is 109 cm³/mol. The average Bonchev–Trinajstić information content (AvgIpc) is 2.98. The number of methoxy groups -OCH3 is 1. The van der Waals surface area contributed by atoms with Gasteiger partial charge in [0.05, 0.1) is 19.8 Å². The first kappa shape index (κ1) is 19.7. The van der Waals surface area contributed by atoms with Crippen molar-refractivity contribution in [1.29, 1.82) is 0 Å². The Morgan fingerprint density at radius 1 is 1.19 bits per heavy atom. The van der Waals surface area contributed by atoms with E-state index in [2.05, 4.69) is 43.1 Å². The number of hydrogen-bond donors (Lipinski definition) is 1. The highest BCUT2D eigenvalue weighted by Crippen LogP contribution is 2.46. The van der Waals surface area contributed by atoms with Crippen molar-refractivity contribution in [2.75, 3.05) is 33.9 Å². The molecule has 3 atom stereocenters. The number of benzene rings is 2. The fraction of sp³-hybridized carbons (Fsp3) is 0.478. The maximum atomic E-state index is 10.4. The summed E-state index contributed by atoms with van der Waals surface area (Å²) in [4.78, 5) is 2.29. The van der Waals surface area contributed by atoms with E-state index >= 15 is 0 Å². The average molecular weight is 370 g/mol. The Balaban J connectivity index is 1.78. The summed E-state index contributed by atoms with van der Waals surface area (Å²) in [5, 5.41) is 10.4. The molecule has 0 aliphatic carbocycles. The predicted octanol–water partition coefficient (Wildman–Crippen LogP) is 3.73. The Bertz CT molecular complexity index is 747. The zero-order valence-electron chi connectivity index (χ0n) is 16.8. The smallest absolute Gasteiger partial charge is 0.161 e. The van der Waals surface area contributed by atoms with E-state index in [0.717, 1.165) is 31.0 Å². The molecule has 0 bridgehead atoms. The third-order valence-electron chi connectivity index (χ3n) is 5.94. The molecule has 0 radical (unpaired) electrons. The molecule has 1 fully saturated rings. The third-order valence-corrected chi connectivity index (χ3v) is 5.94. The van der Waals surface area contributed by atoms with Crippen molar-refractivity contribution in [3.8, 4) is 11.5 Å². The number of aliphatic hydroxyl groups excluding tert-OH is 1. The molecule has 27 heavy (non-hydrogen) atoms. The van der Waals surface area contributed by atoms with Gasteiger partial charge in [-0.2, -0.15) is 0 Å². The van der Waals surface area contributed by atoms with Crippen LogP contribution in [0.3, 0.4) is 0 Å². The Hall–Kier alpha value is -2.04. The Morgan fingerprint density at radius 3 is 2.59 bits per heavy atom. The first-order valence-corrected chi connectivity index (χ1v) is 9.65. The minimum absolute atomic E-state index is 0.176. The van der Waals surface area contributed by atoms with Gasteiger partial charge in [-0.15, -0.1) is 0 Å². The molecule has 0 aromatic heterocycles. The molecule has 2 aromatic carbocycles. The van der Waals surface area contributed by atoms with Crippen molar-refractivity contribution in [3.05, 3.63) is 59.7 Å². The van der Waals surface area contributed by atoms with Gasteiger partial charge in [0.15, 0.2) is 11.5 Å². The first-order valence-electron chi connectivity index (χ1n) is 9.65. The minimum atomic E-state index is -0.378. The molecular formula is C23H31NO3. The van der Waals surface area contributed by atoms with Gasteiger partial charge >= 0.3 is 0 Å². The summed E-state index contributed by atoms with van der Waals surface area (Å²) in [7, 11) is 3.78. The zero-order chi connectivity index (χ0) is 19.4. The van der Waals surface area contributed by atoms with Gasteiger partial charge in [-0.05, 0) is 37.2 Å². The monoisotopic (exact) mass is 369 g/mol. The van der Waals surface area contributed by atoms with E-state index < -0.39 is 0 Å². The topological polar surface area (TPSA) is 41.9 Å². The highest BCUT2D eigenvalue weighted by molar-refractivity contribution is 5.45. The van der Waals surface area contributed by atoms with E-state index in [1.54, 1.807) is 7.11 Å². The van der Waals surface area contributed by atoms with Gasteiger partial charge in [-0.1, -0.05) is 43.3 Å². The molecule has 1 aliphatic rings. The third kappa shape index (κ3) is 4.28. The number of likely N-dealkylation sites (N-methyl/N-ethyl adjacent to an activating group) is 1. The van der Waals surface area contributed by atoms with Crippen LogP contribution in [0.5, 0.6) is 11.5 Å². The van der Waals surface area contributed by atoms with Gasteiger partial charge in [0, 0.05) is 30.8 Å². The Morgan fingerprint density at radius 2 is 1.93 bits per heavy atom. The van der Waals surface area contributed by atoms with Gasteiger partial charge in [0.25, 0.3) is 0 Å². The summed E-state index contributed by atoms with van der Waals surface area (Å²) in [6.45, 7) is 6.48. The van der Waals surface area contributed by atoms with Crippen LogP contribution >= 0.6 is 0 Å². The van der Waals surface area contributed by atoms with Crippen molar-refractivity contribution >= 4 is 0 Å². The fourth-order valence-electron chi connectivity index (χ4n) is 4.13. The van der Waals surface area contributed by atoms with Crippen LogP contribution in [-0.2, 0) is 6.42 Å². The van der Waals surface area contributed by atoms with Crippen molar-refractivity contribution in [2.45, 2.75) is 32.3 Å². The molecule has 4 heteroatoms. The lowest BCUT2D eigenvalue weighted by molar-refractivity contribution is 0.0495. The Kier molecular flexibility index (Phi) is 6.08. The van der Waals surface area contributed by atoms with Crippen LogP contribution in [0.15, 0.2) is 48.5 Å². The summed E-state index contributed by atoms with van der Waals surface area (Å²) >= 11 is 0. The highest BCUT2D eigenvalue weighted by atomic mass is 16.5. The standard InChI is InChI=1S/C23H31NO3/c1-17(25)23(2)16-24(3)15-20(23)19-10-11-21(26-4)22(14-19)27-13-12-18-8-6-5-7-9-18/h5-11,14,17,20,25H,12-13,15-16H2,1-4H3/t17-,20-,23-/m0/s1. The van der Waals surface area contributed by atoms with E-state index in [1.165, 1.54) is 11.1 Å². The molecule has 3 rings (SSSR count). The normalized spacial score (nSPS) is 24.0. The van der Waals surface area contributed by atoms with Crippen LogP contribution in [0.4, 0.5) is 0 Å². The van der Waals surface area contributed by atoms with Gasteiger partial charge in [-0.3, -0.25) is 0 Å². The van der Waals surface area contributed by atoms with Crippen LogP contribution in [-0.4, -0.2) is 50.0 Å². The van der Waals surface area contributed by atoms with Crippen LogP contribution in [0.1, 0.15) is 30.9 Å². The zero-order valence-corrected chi connectivity index (χ0v) is 16.8. The van der Waals surface area contributed by atoms with Gasteiger partial charge in [0.1, 0.15) is 0 Å². The number of ether oxygens (including phenoxy) is 2. The number of likely N-dealkylation sites (tertiary alicyclic amines) is 1. The molecule has 1 saturated heterocycles. The summed E-state index contributed by atoms with van der Waals surface area (Å²) in [5.41, 5.74) is 2.27. The van der Waals surface area contributed by atoms with E-state index in [4.69, 9.17) is 9.47 Å². The second kappa shape index (κ2) is 8.32. The number of hydrogen-bond acceptors (Lipinski definition) is 4. The van der Waals surface area contributed by atoms with Crippen molar-refractivity contribution in [1.82, 2.24) is 4.90 Å².